The Morgan fingerprint density at radius 1 is 0.721 bits per heavy atom. The van der Waals surface area contributed by atoms with E-state index in [1.807, 2.05) is 49.4 Å². The molecule has 12 unspecified atom stereocenters. The second-order valence-electron chi connectivity index (χ2n) is 21.1. The number of amides is 6. The molecule has 2 aliphatic heterocycles. The van der Waals surface area contributed by atoms with Crippen molar-refractivity contribution in [2.24, 2.45) is 11.0 Å². The summed E-state index contributed by atoms with van der Waals surface area (Å²) in [6.07, 6.45) is 5.23. The van der Waals surface area contributed by atoms with E-state index in [-0.39, 0.29) is 42.6 Å². The van der Waals surface area contributed by atoms with Gasteiger partial charge in [-0.25, -0.2) is 4.68 Å². The second kappa shape index (κ2) is 35.6. The van der Waals surface area contributed by atoms with E-state index in [9.17, 15) is 54.3 Å². The van der Waals surface area contributed by atoms with Crippen LogP contribution in [0.3, 0.4) is 0 Å². The fraction of sp³-hybridized carbons (Fsp3) is 0.533. The number of azide groups is 1. The molecule has 26 nitrogen and oxygen atoms in total. The molecule has 0 radical (unpaired) electrons. The topological polar surface area (TPSA) is 376 Å². The van der Waals surface area contributed by atoms with E-state index in [1.54, 1.807) is 53.4 Å². The number of benzene rings is 3. The Hall–Kier alpha value is -7.83. The van der Waals surface area contributed by atoms with Crippen LogP contribution in [0.4, 0.5) is 0 Å². The third-order valence-corrected chi connectivity index (χ3v) is 14.7. The Labute approximate surface area is 500 Å². The average Bonchev–Trinajstić information content (AvgIpc) is 2.16. The number of carbonyl (C=O) groups is 6. The molecular formula is C60H82N12O14. The van der Waals surface area contributed by atoms with Gasteiger partial charge in [0.05, 0.1) is 38.5 Å². The first-order valence-electron chi connectivity index (χ1n) is 28.9. The molecule has 0 bridgehead atoms. The Morgan fingerprint density at radius 3 is 1.73 bits per heavy atom. The van der Waals surface area contributed by atoms with Crippen molar-refractivity contribution in [2.45, 2.75) is 165 Å². The van der Waals surface area contributed by atoms with Gasteiger partial charge in [-0.15, -0.1) is 11.5 Å². The molecule has 3 aliphatic rings. The number of aromatic nitrogens is 3. The third-order valence-electron chi connectivity index (χ3n) is 14.7. The van der Waals surface area contributed by atoms with Crippen LogP contribution in [0.15, 0.2) is 102 Å². The van der Waals surface area contributed by atoms with Gasteiger partial charge in [0.25, 0.3) is 11.8 Å². The first-order chi connectivity index (χ1) is 41.4. The SMILES string of the molecule is C#CCN(C(=O)c1ccccc1)C(C(=O)NCCCC)c1ccccc1.CC(=O)NC1C(N=[N+]=[N-])OC(CO)C(O)C1O.CCCCNC(=O)C(C1CCCCC1)N(Cc1cn(C2OC(CO)C(O)C(O)C2NC(C)=O)nn1)C(=O)c1ccccc1. The zero-order chi connectivity index (χ0) is 62.7. The number of ether oxygens (including phenoxy) is 2. The van der Waals surface area contributed by atoms with Crippen LogP contribution in [0.1, 0.15) is 130 Å². The Morgan fingerprint density at radius 2 is 1.22 bits per heavy atom. The minimum Gasteiger partial charge on any atom is -0.394 e. The van der Waals surface area contributed by atoms with Gasteiger partial charge in [-0.05, 0) is 67.0 Å². The first kappa shape index (κ1) is 68.9. The smallest absolute Gasteiger partial charge is 0.255 e. The molecular weight excluding hydrogens is 1110 g/mol. The lowest BCUT2D eigenvalue weighted by Crippen LogP contribution is -2.63. The van der Waals surface area contributed by atoms with Crippen LogP contribution in [0.25, 0.3) is 10.4 Å². The lowest BCUT2D eigenvalue weighted by Gasteiger charge is -2.42. The summed E-state index contributed by atoms with van der Waals surface area (Å²) in [6.45, 7) is 6.60. The highest BCUT2D eigenvalue weighted by Crippen LogP contribution is 2.33. The van der Waals surface area contributed by atoms with Crippen molar-refractivity contribution >= 4 is 35.4 Å². The summed E-state index contributed by atoms with van der Waals surface area (Å²) in [5.74, 6) is 0.587. The van der Waals surface area contributed by atoms with Crippen molar-refractivity contribution in [3.8, 4) is 12.3 Å². The van der Waals surface area contributed by atoms with Crippen LogP contribution in [-0.4, -0.2) is 185 Å². The predicted octanol–water partition coefficient (Wildman–Crippen LogP) is 2.56. The molecule has 1 aromatic heterocycles. The van der Waals surface area contributed by atoms with Gasteiger partial charge in [0.1, 0.15) is 60.4 Å². The van der Waals surface area contributed by atoms with Crippen molar-refractivity contribution in [2.75, 3.05) is 32.8 Å². The van der Waals surface area contributed by atoms with Gasteiger partial charge in [0, 0.05) is 43.0 Å². The monoisotopic (exact) mass is 1190 g/mol. The maximum absolute atomic E-state index is 14.0. The number of rotatable bonds is 23. The number of unbranched alkanes of at least 4 members (excludes halogenated alkanes) is 2. The summed E-state index contributed by atoms with van der Waals surface area (Å²) in [4.78, 5) is 82.1. The number of nitrogens with one attached hydrogen (secondary N) is 4. The van der Waals surface area contributed by atoms with Gasteiger partial charge >= 0.3 is 0 Å². The van der Waals surface area contributed by atoms with E-state index in [4.69, 9.17) is 26.5 Å². The minimum atomic E-state index is -1.45. The highest BCUT2D eigenvalue weighted by Gasteiger charge is 2.47. The zero-order valence-corrected chi connectivity index (χ0v) is 49.0. The van der Waals surface area contributed by atoms with E-state index in [1.165, 1.54) is 29.6 Å². The van der Waals surface area contributed by atoms with Gasteiger partial charge < -0.3 is 71.2 Å². The molecule has 26 heteroatoms. The van der Waals surface area contributed by atoms with Crippen molar-refractivity contribution < 1.29 is 68.9 Å². The van der Waals surface area contributed by atoms with Crippen LogP contribution >= 0.6 is 0 Å². The van der Waals surface area contributed by atoms with Crippen LogP contribution in [0.5, 0.6) is 0 Å². The zero-order valence-electron chi connectivity index (χ0n) is 49.0. The van der Waals surface area contributed by atoms with E-state index >= 15 is 0 Å². The predicted molar refractivity (Wildman–Crippen MR) is 313 cm³/mol. The molecule has 3 heterocycles. The van der Waals surface area contributed by atoms with Crippen LogP contribution in [0.2, 0.25) is 0 Å². The average molecular weight is 1200 g/mol. The summed E-state index contributed by atoms with van der Waals surface area (Å²) in [7, 11) is 0. The summed E-state index contributed by atoms with van der Waals surface area (Å²) < 4.78 is 12.2. The van der Waals surface area contributed by atoms with Crippen LogP contribution < -0.4 is 21.3 Å². The van der Waals surface area contributed by atoms with Crippen molar-refractivity contribution in [1.82, 2.24) is 46.1 Å². The fourth-order valence-electron chi connectivity index (χ4n) is 10.4. The summed E-state index contributed by atoms with van der Waals surface area (Å²) in [5, 5.41) is 81.6. The highest BCUT2D eigenvalue weighted by atomic mass is 16.5. The molecule has 0 spiro atoms. The van der Waals surface area contributed by atoms with Crippen molar-refractivity contribution in [3.05, 3.63) is 130 Å². The molecule has 2 saturated heterocycles. The lowest BCUT2D eigenvalue weighted by molar-refractivity contribution is -0.219. The molecule has 86 heavy (non-hydrogen) atoms. The summed E-state index contributed by atoms with van der Waals surface area (Å²) in [5.41, 5.74) is 10.4. The second-order valence-corrected chi connectivity index (χ2v) is 21.1. The normalized spacial score (nSPS) is 23.3. The number of nitrogens with zero attached hydrogens (tertiary/aromatic N) is 8. The van der Waals surface area contributed by atoms with Crippen molar-refractivity contribution in [3.63, 3.8) is 0 Å². The number of aliphatic hydroxyl groups is 6. The molecule has 6 amide bonds. The number of aliphatic hydroxyl groups excluding tert-OH is 6. The first-order valence-corrected chi connectivity index (χ1v) is 28.9. The largest absolute Gasteiger partial charge is 0.394 e. The number of terminal acetylenes is 1. The fourth-order valence-corrected chi connectivity index (χ4v) is 10.4. The van der Waals surface area contributed by atoms with Gasteiger partial charge in [-0.2, -0.15) is 0 Å². The molecule has 7 rings (SSSR count). The highest BCUT2D eigenvalue weighted by molar-refractivity contribution is 5.98. The Balaban J connectivity index is 0.000000265. The van der Waals surface area contributed by atoms with Crippen molar-refractivity contribution in [1.29, 1.82) is 0 Å². The Kier molecular flexibility index (Phi) is 28.5. The van der Waals surface area contributed by atoms with Crippen LogP contribution in [0, 0.1) is 18.3 Å². The molecule has 1 saturated carbocycles. The standard InChI is InChI=1S/C30H44N6O7.C22H24N2O2.C8H14N4O5/c1-3-4-15-31-28(41)25(20-11-7-5-8-12-20)35(29(42)21-13-9-6-10-14-21)16-22-17-36(34-33-22)30-24(32-19(2)38)27(40)26(39)23(18-37)43-30;1-3-5-16-23-21(25)20(18-12-8-6-9-13-18)24(17-4-2)22(26)19-14-10-7-11-15-19;1-3(14)10-5-7(16)6(15)4(2-13)17-8(5)11-12-9/h6,9-10,13-14,17,20,23-27,30,37,39-40H,3-5,7-8,11-12,15-16,18H2,1-2H3,(H,31,41)(H,32,38);2,6-15,20H,3,5,16-17H2,1H3,(H,23,25);4-8,13,15-16H,2H2,1H3,(H,10,14). The van der Waals surface area contributed by atoms with Gasteiger partial charge in [0.15, 0.2) is 12.5 Å². The number of hydrogen-bond acceptors (Lipinski definition) is 17. The summed E-state index contributed by atoms with van der Waals surface area (Å²) in [6, 6.07) is 23.3. The lowest BCUT2D eigenvalue weighted by atomic mass is 9.82. The molecule has 12 atom stereocenters. The quantitative estimate of drug-likeness (QED) is 0.0168. The van der Waals surface area contributed by atoms with Crippen LogP contribution in [-0.2, 0) is 35.2 Å². The molecule has 1 aliphatic carbocycles. The van der Waals surface area contributed by atoms with Gasteiger partial charge in [-0.3, -0.25) is 28.8 Å². The minimum absolute atomic E-state index is 0.0224. The van der Waals surface area contributed by atoms with E-state index in [0.717, 1.165) is 63.4 Å². The van der Waals surface area contributed by atoms with E-state index in [2.05, 4.69) is 54.4 Å². The number of carbonyl (C=O) groups excluding carboxylic acids is 6. The molecule has 3 aromatic carbocycles. The van der Waals surface area contributed by atoms with E-state index < -0.39 is 98.3 Å². The maximum atomic E-state index is 14.0. The third kappa shape index (κ3) is 19.3. The molecule has 3 fully saturated rings. The molecule has 466 valence electrons. The summed E-state index contributed by atoms with van der Waals surface area (Å²) >= 11 is 0. The maximum Gasteiger partial charge on any atom is 0.255 e. The number of hydrogen-bond donors (Lipinski definition) is 10. The molecule has 10 N–H and O–H groups in total. The van der Waals surface area contributed by atoms with E-state index in [0.29, 0.717) is 29.9 Å². The Bertz CT molecular complexity index is 2850. The molecule has 4 aromatic rings. The van der Waals surface area contributed by atoms with Gasteiger partial charge in [0.2, 0.25) is 23.6 Å². The van der Waals surface area contributed by atoms with Gasteiger partial charge in [-0.1, -0.05) is 129 Å².